The van der Waals surface area contributed by atoms with Crippen molar-refractivity contribution in [2.75, 3.05) is 0 Å². The normalized spacial score (nSPS) is 12.1. The molecule has 3 nitrogen and oxygen atoms in total. The van der Waals surface area contributed by atoms with Crippen LogP contribution in [0.5, 0.6) is 0 Å². The smallest absolute Gasteiger partial charge is 0.339 e. The van der Waals surface area contributed by atoms with Gasteiger partial charge >= 0.3 is 5.97 Å². The molecule has 0 aliphatic rings. The number of nitrogens with two attached hydrogens (primary N) is 1. The van der Waals surface area contributed by atoms with E-state index in [1.54, 1.807) is 12.1 Å². The van der Waals surface area contributed by atoms with Crippen LogP contribution in [-0.2, 0) is 4.74 Å². The molecule has 0 bridgehead atoms. The molecule has 1 aromatic carbocycles. The first-order valence-corrected chi connectivity index (χ1v) is 6.75. The van der Waals surface area contributed by atoms with E-state index in [0.29, 0.717) is 5.56 Å². The molecule has 3 heteroatoms. The molecule has 1 rings (SSSR count). The molecule has 1 atom stereocenters. The van der Waals surface area contributed by atoms with E-state index in [0.717, 1.165) is 19.3 Å². The summed E-state index contributed by atoms with van der Waals surface area (Å²) in [5.74, 6) is -0.336. The lowest BCUT2D eigenvalue weighted by molar-refractivity contribution is 0.0292. The molecule has 0 saturated heterocycles. The third-order valence-electron chi connectivity index (χ3n) is 2.86. The van der Waals surface area contributed by atoms with Crippen molar-refractivity contribution in [1.82, 2.24) is 0 Å². The fourth-order valence-corrected chi connectivity index (χ4v) is 1.79. The van der Waals surface area contributed by atoms with Gasteiger partial charge in [0.15, 0.2) is 6.23 Å². The molecule has 2 N–H and O–H groups in total. The number of benzene rings is 1. The topological polar surface area (TPSA) is 52.3 Å². The van der Waals surface area contributed by atoms with Crippen molar-refractivity contribution in [3.05, 3.63) is 35.9 Å². The number of carbonyl (C=O) groups excluding carboxylic acids is 1. The van der Waals surface area contributed by atoms with Crippen LogP contribution in [0.15, 0.2) is 30.3 Å². The minimum atomic E-state index is -0.487. The first-order chi connectivity index (χ1) is 8.74. The maximum absolute atomic E-state index is 11.7. The molecule has 0 saturated carbocycles. The van der Waals surface area contributed by atoms with Crippen LogP contribution in [0.25, 0.3) is 0 Å². The van der Waals surface area contributed by atoms with Gasteiger partial charge in [0, 0.05) is 0 Å². The Kier molecular flexibility index (Phi) is 7.11. The highest BCUT2D eigenvalue weighted by atomic mass is 16.6. The summed E-state index contributed by atoms with van der Waals surface area (Å²) in [4.78, 5) is 11.7. The molecule has 0 aliphatic heterocycles. The third kappa shape index (κ3) is 5.82. The fourth-order valence-electron chi connectivity index (χ4n) is 1.79. The predicted octanol–water partition coefficient (Wildman–Crippen LogP) is 3.49. The molecular weight excluding hydrogens is 226 g/mol. The highest BCUT2D eigenvalue weighted by Gasteiger charge is 2.11. The average molecular weight is 249 g/mol. The van der Waals surface area contributed by atoms with E-state index in [1.165, 1.54) is 19.3 Å². The van der Waals surface area contributed by atoms with Crippen molar-refractivity contribution in [2.24, 2.45) is 5.73 Å². The first kappa shape index (κ1) is 14.7. The van der Waals surface area contributed by atoms with Gasteiger partial charge in [0.05, 0.1) is 5.56 Å². The Labute approximate surface area is 109 Å². The summed E-state index contributed by atoms with van der Waals surface area (Å²) in [6.07, 6.45) is 6.15. The Hall–Kier alpha value is -1.35. The summed E-state index contributed by atoms with van der Waals surface area (Å²) >= 11 is 0. The molecule has 0 radical (unpaired) electrons. The van der Waals surface area contributed by atoms with Crippen LogP contribution in [0.2, 0.25) is 0 Å². The second kappa shape index (κ2) is 8.70. The zero-order chi connectivity index (χ0) is 13.2. The number of hydrogen-bond donors (Lipinski definition) is 1. The monoisotopic (exact) mass is 249 g/mol. The van der Waals surface area contributed by atoms with Crippen LogP contribution in [-0.4, -0.2) is 12.2 Å². The van der Waals surface area contributed by atoms with Gasteiger partial charge in [-0.25, -0.2) is 4.79 Å². The lowest BCUT2D eigenvalue weighted by atomic mass is 10.1. The van der Waals surface area contributed by atoms with E-state index in [-0.39, 0.29) is 5.97 Å². The number of esters is 1. The van der Waals surface area contributed by atoms with Crippen LogP contribution in [0.3, 0.4) is 0 Å². The molecule has 1 aromatic rings. The van der Waals surface area contributed by atoms with Crippen molar-refractivity contribution in [3.8, 4) is 0 Å². The van der Waals surface area contributed by atoms with Gasteiger partial charge in [0.25, 0.3) is 0 Å². The van der Waals surface area contributed by atoms with Gasteiger partial charge in [-0.15, -0.1) is 0 Å². The molecule has 0 heterocycles. The van der Waals surface area contributed by atoms with Crippen LogP contribution in [0.1, 0.15) is 55.8 Å². The molecule has 0 spiro atoms. The highest BCUT2D eigenvalue weighted by molar-refractivity contribution is 5.89. The second-order valence-electron chi connectivity index (χ2n) is 4.51. The van der Waals surface area contributed by atoms with Crippen molar-refractivity contribution < 1.29 is 9.53 Å². The summed E-state index contributed by atoms with van der Waals surface area (Å²) in [7, 11) is 0. The lowest BCUT2D eigenvalue weighted by Crippen LogP contribution is -2.27. The van der Waals surface area contributed by atoms with Gasteiger partial charge in [-0.05, 0) is 25.0 Å². The third-order valence-corrected chi connectivity index (χ3v) is 2.86. The van der Waals surface area contributed by atoms with Gasteiger partial charge in [-0.2, -0.15) is 0 Å². The quantitative estimate of drug-likeness (QED) is 0.436. The molecule has 1 unspecified atom stereocenters. The summed E-state index contributed by atoms with van der Waals surface area (Å²) in [5, 5.41) is 0. The summed E-state index contributed by atoms with van der Waals surface area (Å²) < 4.78 is 5.18. The van der Waals surface area contributed by atoms with Crippen molar-refractivity contribution in [3.63, 3.8) is 0 Å². The Bertz CT molecular complexity index is 338. The zero-order valence-electron chi connectivity index (χ0n) is 11.1. The van der Waals surface area contributed by atoms with Crippen LogP contribution in [0.4, 0.5) is 0 Å². The number of hydrogen-bond acceptors (Lipinski definition) is 3. The maximum Gasteiger partial charge on any atom is 0.339 e. The number of rotatable bonds is 8. The van der Waals surface area contributed by atoms with Crippen molar-refractivity contribution in [1.29, 1.82) is 0 Å². The number of carbonyl (C=O) groups is 1. The van der Waals surface area contributed by atoms with Crippen LogP contribution < -0.4 is 5.73 Å². The standard InChI is InChI=1S/C15H23NO2/c1-2-3-4-5-9-12-14(16)18-15(17)13-10-7-6-8-11-13/h6-8,10-11,14H,2-5,9,12,16H2,1H3. The number of ether oxygens (including phenoxy) is 1. The Morgan fingerprint density at radius 3 is 2.50 bits per heavy atom. The van der Waals surface area contributed by atoms with E-state index >= 15 is 0 Å². The van der Waals surface area contributed by atoms with E-state index in [2.05, 4.69) is 6.92 Å². The fraction of sp³-hybridized carbons (Fsp3) is 0.533. The van der Waals surface area contributed by atoms with E-state index in [9.17, 15) is 4.79 Å². The van der Waals surface area contributed by atoms with Gasteiger partial charge < -0.3 is 4.74 Å². The second-order valence-corrected chi connectivity index (χ2v) is 4.51. The van der Waals surface area contributed by atoms with Crippen molar-refractivity contribution in [2.45, 2.75) is 51.7 Å². The molecule has 0 amide bonds. The number of unbranched alkanes of at least 4 members (excludes halogenated alkanes) is 4. The lowest BCUT2D eigenvalue weighted by Gasteiger charge is -2.12. The van der Waals surface area contributed by atoms with Gasteiger partial charge in [0.2, 0.25) is 0 Å². The summed E-state index contributed by atoms with van der Waals surface area (Å²) in [5.41, 5.74) is 6.34. The molecule has 18 heavy (non-hydrogen) atoms. The van der Waals surface area contributed by atoms with Gasteiger partial charge in [0.1, 0.15) is 0 Å². The molecule has 0 aliphatic carbocycles. The minimum absolute atomic E-state index is 0.336. The largest absolute Gasteiger partial charge is 0.443 e. The van der Waals surface area contributed by atoms with Crippen molar-refractivity contribution >= 4 is 5.97 Å². The molecule has 100 valence electrons. The average Bonchev–Trinajstić information content (AvgIpc) is 2.39. The van der Waals surface area contributed by atoms with Gasteiger partial charge in [-0.3, -0.25) is 5.73 Å². The van der Waals surface area contributed by atoms with E-state index < -0.39 is 6.23 Å². The molecule has 0 aromatic heterocycles. The molecule has 0 fully saturated rings. The Morgan fingerprint density at radius 1 is 1.17 bits per heavy atom. The SMILES string of the molecule is CCCCCCCC(N)OC(=O)c1ccccc1. The predicted molar refractivity (Wildman–Crippen MR) is 73.2 cm³/mol. The minimum Gasteiger partial charge on any atom is -0.443 e. The van der Waals surface area contributed by atoms with Gasteiger partial charge in [-0.1, -0.05) is 50.8 Å². The Balaban J connectivity index is 2.20. The molecular formula is C15H23NO2. The van der Waals surface area contributed by atoms with E-state index in [4.69, 9.17) is 10.5 Å². The van der Waals surface area contributed by atoms with E-state index in [1.807, 2.05) is 18.2 Å². The first-order valence-electron chi connectivity index (χ1n) is 6.75. The summed E-state index contributed by atoms with van der Waals surface area (Å²) in [6, 6.07) is 8.96. The zero-order valence-corrected chi connectivity index (χ0v) is 11.1. The van der Waals surface area contributed by atoms with Crippen LogP contribution >= 0.6 is 0 Å². The highest BCUT2D eigenvalue weighted by Crippen LogP contribution is 2.09. The maximum atomic E-state index is 11.7. The summed E-state index contributed by atoms with van der Waals surface area (Å²) in [6.45, 7) is 2.19. The van der Waals surface area contributed by atoms with Crippen LogP contribution in [0, 0.1) is 0 Å². The Morgan fingerprint density at radius 2 is 1.83 bits per heavy atom.